The van der Waals surface area contributed by atoms with Gasteiger partial charge in [-0.1, -0.05) is 57.2 Å². The van der Waals surface area contributed by atoms with E-state index in [2.05, 4.69) is 0 Å². The fourth-order valence-electron chi connectivity index (χ4n) is 6.65. The molecule has 198 valence electrons. The van der Waals surface area contributed by atoms with Gasteiger partial charge >= 0.3 is 11.9 Å². The van der Waals surface area contributed by atoms with Crippen LogP contribution in [0.2, 0.25) is 0 Å². The summed E-state index contributed by atoms with van der Waals surface area (Å²) >= 11 is 0. The van der Waals surface area contributed by atoms with E-state index in [1.54, 1.807) is 30.5 Å². The maximum atomic E-state index is 14.4. The maximum Gasteiger partial charge on any atom is 0.330 e. The molecule has 6 rings (SSSR count). The highest BCUT2D eigenvalue weighted by molar-refractivity contribution is 6.07. The molecule has 8 nitrogen and oxygen atoms in total. The molecule has 0 aromatic heterocycles. The van der Waals surface area contributed by atoms with Crippen molar-refractivity contribution in [2.75, 3.05) is 7.11 Å². The summed E-state index contributed by atoms with van der Waals surface area (Å²) in [6.07, 6.45) is 4.26. The van der Waals surface area contributed by atoms with E-state index in [0.29, 0.717) is 24.2 Å². The van der Waals surface area contributed by atoms with Crippen LogP contribution < -0.4 is 4.74 Å². The molecule has 2 aromatic carbocycles. The number of nitrogens with zero attached hydrogens (tertiary/aromatic N) is 2. The number of carbonyl (C=O) groups excluding carboxylic acids is 3. The van der Waals surface area contributed by atoms with Crippen molar-refractivity contribution in [2.24, 2.45) is 15.9 Å². The summed E-state index contributed by atoms with van der Waals surface area (Å²) in [6.45, 7) is 5.52. The molecular formula is C30H32N2O6. The topological polar surface area (TPSA) is 94.5 Å². The van der Waals surface area contributed by atoms with Gasteiger partial charge in [-0.3, -0.25) is 19.4 Å². The lowest BCUT2D eigenvalue weighted by molar-refractivity contribution is -0.263. The molecule has 3 heterocycles. The molecule has 2 aromatic rings. The second-order valence-electron chi connectivity index (χ2n) is 11.7. The van der Waals surface area contributed by atoms with E-state index in [9.17, 15) is 14.4 Å². The molecule has 0 radical (unpaired) electrons. The van der Waals surface area contributed by atoms with Crippen molar-refractivity contribution < 1.29 is 28.6 Å². The van der Waals surface area contributed by atoms with E-state index in [0.717, 1.165) is 24.0 Å². The van der Waals surface area contributed by atoms with E-state index in [-0.39, 0.29) is 5.78 Å². The summed E-state index contributed by atoms with van der Waals surface area (Å²) in [7, 11) is 1.57. The SMILES string of the molecule is COc1ccc([C@H]2[C@@H](C(=O)C(C)(C)C)N3N=Cc4ccccc4[C@@H]3C23C(=O)OC2(CCCC2)OC3=O)cc1. The minimum Gasteiger partial charge on any atom is -0.497 e. The predicted octanol–water partition coefficient (Wildman–Crippen LogP) is 4.52. The first-order valence-corrected chi connectivity index (χ1v) is 13.2. The Bertz CT molecular complexity index is 1320. The zero-order valence-electron chi connectivity index (χ0n) is 22.1. The summed E-state index contributed by atoms with van der Waals surface area (Å²) in [5.74, 6) is -2.94. The first-order valence-electron chi connectivity index (χ1n) is 13.2. The van der Waals surface area contributed by atoms with Gasteiger partial charge in [0.25, 0.3) is 5.79 Å². The van der Waals surface area contributed by atoms with Crippen LogP contribution in [0.1, 0.15) is 75.1 Å². The molecule has 3 atom stereocenters. The number of fused-ring (bicyclic) bond motifs is 4. The van der Waals surface area contributed by atoms with E-state index in [1.165, 1.54) is 0 Å². The normalized spacial score (nSPS) is 26.6. The molecule has 2 saturated heterocycles. The molecule has 38 heavy (non-hydrogen) atoms. The van der Waals surface area contributed by atoms with E-state index in [4.69, 9.17) is 19.3 Å². The standard InChI is InChI=1S/C30H32N2O6/c1-28(2,3)25(33)23-22(18-11-13-20(36-4)14-12-18)30(24-21-10-6-5-9-19(21)17-31-32(23)24)26(34)37-29(38-27(30)35)15-7-8-16-29/h5-6,9-14,17,22-24H,7-8,15-16H2,1-4H3/t22-,23-,24+/m0/s1. The molecule has 1 saturated carbocycles. The Morgan fingerprint density at radius 2 is 1.63 bits per heavy atom. The minimum absolute atomic E-state index is 0.126. The number of esters is 2. The van der Waals surface area contributed by atoms with Crippen LogP contribution in [0.4, 0.5) is 0 Å². The number of carbonyl (C=O) groups is 3. The van der Waals surface area contributed by atoms with Gasteiger partial charge < -0.3 is 14.2 Å². The van der Waals surface area contributed by atoms with Crippen LogP contribution in [0, 0.1) is 10.8 Å². The van der Waals surface area contributed by atoms with Gasteiger partial charge in [0.05, 0.1) is 13.3 Å². The van der Waals surface area contributed by atoms with Crippen LogP contribution >= 0.6 is 0 Å². The largest absolute Gasteiger partial charge is 0.497 e. The number of ether oxygens (including phenoxy) is 3. The average molecular weight is 517 g/mol. The highest BCUT2D eigenvalue weighted by atomic mass is 16.7. The molecule has 4 aliphatic rings. The van der Waals surface area contributed by atoms with Gasteiger partial charge in [0.1, 0.15) is 17.8 Å². The second kappa shape index (κ2) is 8.41. The summed E-state index contributed by atoms with van der Waals surface area (Å²) in [5, 5.41) is 6.37. The summed E-state index contributed by atoms with van der Waals surface area (Å²) < 4.78 is 17.6. The third-order valence-electron chi connectivity index (χ3n) is 8.49. The summed E-state index contributed by atoms with van der Waals surface area (Å²) in [4.78, 5) is 43.1. The fourth-order valence-corrected chi connectivity index (χ4v) is 6.65. The Morgan fingerprint density at radius 3 is 2.24 bits per heavy atom. The van der Waals surface area contributed by atoms with Gasteiger partial charge in [0.2, 0.25) is 5.41 Å². The van der Waals surface area contributed by atoms with Crippen LogP contribution in [0.3, 0.4) is 0 Å². The Balaban J connectivity index is 1.62. The highest BCUT2D eigenvalue weighted by Gasteiger charge is 2.76. The number of Topliss-reactive ketones (excluding diaryl/α,β-unsaturated/α-hetero) is 1. The van der Waals surface area contributed by atoms with E-state index in [1.807, 2.05) is 57.2 Å². The number of hydrogen-bond acceptors (Lipinski definition) is 8. The summed E-state index contributed by atoms with van der Waals surface area (Å²) in [5.41, 5.74) is -0.435. The number of rotatable bonds is 3. The van der Waals surface area contributed by atoms with Gasteiger partial charge in [-0.15, -0.1) is 0 Å². The molecule has 2 spiro atoms. The number of ketones is 1. The number of hydrazone groups is 1. The van der Waals surface area contributed by atoms with E-state index < -0.39 is 46.6 Å². The van der Waals surface area contributed by atoms with Crippen molar-refractivity contribution in [1.29, 1.82) is 0 Å². The van der Waals surface area contributed by atoms with Crippen LogP contribution in [-0.2, 0) is 23.9 Å². The zero-order valence-corrected chi connectivity index (χ0v) is 22.1. The van der Waals surface area contributed by atoms with Crippen LogP contribution in [0.5, 0.6) is 5.75 Å². The Labute approximate surface area is 221 Å². The van der Waals surface area contributed by atoms with Crippen molar-refractivity contribution in [3.63, 3.8) is 0 Å². The fraction of sp³-hybridized carbons (Fsp3) is 0.467. The molecule has 0 unspecified atom stereocenters. The van der Waals surface area contributed by atoms with Crippen molar-refractivity contribution in [2.45, 2.75) is 70.2 Å². The van der Waals surface area contributed by atoms with Gasteiger partial charge in [0.15, 0.2) is 5.78 Å². The van der Waals surface area contributed by atoms with Crippen molar-refractivity contribution >= 4 is 23.9 Å². The maximum absolute atomic E-state index is 14.4. The minimum atomic E-state index is -1.83. The molecule has 3 aliphatic heterocycles. The third-order valence-corrected chi connectivity index (χ3v) is 8.49. The smallest absolute Gasteiger partial charge is 0.330 e. The van der Waals surface area contributed by atoms with E-state index >= 15 is 0 Å². The lowest BCUT2D eigenvalue weighted by Gasteiger charge is -2.45. The molecule has 0 bridgehead atoms. The van der Waals surface area contributed by atoms with Crippen molar-refractivity contribution in [1.82, 2.24) is 5.01 Å². The number of methoxy groups -OCH3 is 1. The lowest BCUT2D eigenvalue weighted by Crippen LogP contribution is -2.59. The molecule has 0 N–H and O–H groups in total. The molecule has 3 fully saturated rings. The molecule has 1 aliphatic carbocycles. The first kappa shape index (κ1) is 24.6. The second-order valence-corrected chi connectivity index (χ2v) is 11.7. The molecule has 8 heteroatoms. The number of hydrogen-bond donors (Lipinski definition) is 0. The zero-order chi connectivity index (χ0) is 26.9. The van der Waals surface area contributed by atoms with Gasteiger partial charge in [-0.25, -0.2) is 0 Å². The van der Waals surface area contributed by atoms with Gasteiger partial charge in [-0.05, 0) is 41.7 Å². The predicted molar refractivity (Wildman–Crippen MR) is 138 cm³/mol. The van der Waals surface area contributed by atoms with Gasteiger partial charge in [-0.2, -0.15) is 5.10 Å². The van der Waals surface area contributed by atoms with Crippen molar-refractivity contribution in [3.8, 4) is 5.75 Å². The first-order chi connectivity index (χ1) is 18.1. The van der Waals surface area contributed by atoms with Gasteiger partial charge in [0, 0.05) is 24.2 Å². The monoisotopic (exact) mass is 516 g/mol. The molecule has 0 amide bonds. The Hall–Kier alpha value is -3.68. The lowest BCUT2D eigenvalue weighted by atomic mass is 9.64. The molecular weight excluding hydrogens is 484 g/mol. The van der Waals surface area contributed by atoms with Crippen LogP contribution in [0.25, 0.3) is 0 Å². The quantitative estimate of drug-likeness (QED) is 0.437. The summed E-state index contributed by atoms with van der Waals surface area (Å²) in [6, 6.07) is 12.9. The van der Waals surface area contributed by atoms with Crippen LogP contribution in [0.15, 0.2) is 53.6 Å². The Morgan fingerprint density at radius 1 is 1.00 bits per heavy atom. The average Bonchev–Trinajstić information content (AvgIpc) is 3.47. The van der Waals surface area contributed by atoms with Crippen LogP contribution in [-0.4, -0.2) is 47.9 Å². The number of benzene rings is 2. The van der Waals surface area contributed by atoms with Crippen molar-refractivity contribution in [3.05, 3.63) is 65.2 Å². The highest BCUT2D eigenvalue weighted by Crippen LogP contribution is 2.64. The third kappa shape index (κ3) is 3.35. The Kier molecular flexibility index (Phi) is 5.46.